The van der Waals surface area contributed by atoms with Crippen molar-refractivity contribution >= 4 is 34.3 Å². The molecule has 2 aromatic carbocycles. The summed E-state index contributed by atoms with van der Waals surface area (Å²) in [6.45, 7) is 5.81. The summed E-state index contributed by atoms with van der Waals surface area (Å²) in [5.74, 6) is 0.464. The molecule has 0 radical (unpaired) electrons. The molecule has 33 heavy (non-hydrogen) atoms. The molecule has 1 fully saturated rings. The number of fused-ring (bicyclic) bond motifs is 1. The summed E-state index contributed by atoms with van der Waals surface area (Å²) in [7, 11) is 0. The fraction of sp³-hybridized carbons (Fsp3) is 0.360. The smallest absolute Gasteiger partial charge is 0.350 e. The number of esters is 1. The Kier molecular flexibility index (Phi) is 6.72. The Bertz CT molecular complexity index is 1220. The van der Waals surface area contributed by atoms with Crippen molar-refractivity contribution in [3.05, 3.63) is 64.6 Å². The van der Waals surface area contributed by atoms with Crippen molar-refractivity contribution in [2.24, 2.45) is 5.92 Å². The first-order chi connectivity index (χ1) is 16.0. The number of anilines is 2. The second-order valence-corrected chi connectivity index (χ2v) is 8.36. The SMILES string of the molecule is CCOC(=O)c1ccc(NC(=O)Cn2c(=O)nc(N3CCC[C@@H](C)C3)c3ccccc32)cc1. The van der Waals surface area contributed by atoms with Crippen LogP contribution in [-0.2, 0) is 16.1 Å². The summed E-state index contributed by atoms with van der Waals surface area (Å²) in [6.07, 6.45) is 2.24. The lowest BCUT2D eigenvalue weighted by Crippen LogP contribution is -2.38. The van der Waals surface area contributed by atoms with Crippen LogP contribution >= 0.6 is 0 Å². The van der Waals surface area contributed by atoms with E-state index in [0.717, 1.165) is 24.9 Å². The number of amides is 1. The Morgan fingerprint density at radius 2 is 1.91 bits per heavy atom. The fourth-order valence-electron chi connectivity index (χ4n) is 4.24. The lowest BCUT2D eigenvalue weighted by Gasteiger charge is -2.32. The van der Waals surface area contributed by atoms with E-state index in [9.17, 15) is 14.4 Å². The van der Waals surface area contributed by atoms with E-state index >= 15 is 0 Å². The molecule has 1 amide bonds. The maximum Gasteiger partial charge on any atom is 0.350 e. The summed E-state index contributed by atoms with van der Waals surface area (Å²) < 4.78 is 6.36. The number of nitrogens with zero attached hydrogens (tertiary/aromatic N) is 3. The molecule has 8 heteroatoms. The molecule has 0 aliphatic carbocycles. The Morgan fingerprint density at radius 1 is 1.15 bits per heavy atom. The highest BCUT2D eigenvalue weighted by molar-refractivity contribution is 5.95. The number of carbonyl (C=O) groups excluding carboxylic acids is 2. The monoisotopic (exact) mass is 448 g/mol. The third-order valence-corrected chi connectivity index (χ3v) is 5.81. The van der Waals surface area contributed by atoms with Gasteiger partial charge < -0.3 is 15.0 Å². The average Bonchev–Trinajstić information content (AvgIpc) is 2.81. The molecule has 2 heterocycles. The van der Waals surface area contributed by atoms with Crippen LogP contribution in [0, 0.1) is 5.92 Å². The van der Waals surface area contributed by atoms with Crippen molar-refractivity contribution < 1.29 is 14.3 Å². The van der Waals surface area contributed by atoms with Gasteiger partial charge in [-0.1, -0.05) is 19.1 Å². The van der Waals surface area contributed by atoms with Crippen molar-refractivity contribution in [3.8, 4) is 0 Å². The number of carbonyl (C=O) groups is 2. The van der Waals surface area contributed by atoms with Crippen LogP contribution in [-0.4, -0.2) is 41.1 Å². The zero-order chi connectivity index (χ0) is 23.4. The van der Waals surface area contributed by atoms with Crippen LogP contribution in [0.3, 0.4) is 0 Å². The van der Waals surface area contributed by atoms with Crippen molar-refractivity contribution in [1.29, 1.82) is 0 Å². The molecule has 1 aliphatic heterocycles. The van der Waals surface area contributed by atoms with Gasteiger partial charge >= 0.3 is 11.7 Å². The van der Waals surface area contributed by atoms with Crippen LogP contribution in [0.25, 0.3) is 10.9 Å². The second-order valence-electron chi connectivity index (χ2n) is 8.36. The van der Waals surface area contributed by atoms with Gasteiger partial charge in [0.15, 0.2) is 0 Å². The van der Waals surface area contributed by atoms with E-state index in [1.165, 1.54) is 11.0 Å². The highest BCUT2D eigenvalue weighted by atomic mass is 16.5. The molecule has 1 atom stereocenters. The van der Waals surface area contributed by atoms with E-state index in [-0.39, 0.29) is 12.5 Å². The number of para-hydroxylation sites is 1. The lowest BCUT2D eigenvalue weighted by atomic mass is 10.00. The van der Waals surface area contributed by atoms with Crippen molar-refractivity contribution in [3.63, 3.8) is 0 Å². The standard InChI is InChI=1S/C25H28N4O4/c1-3-33-24(31)18-10-12-19(13-11-18)26-22(30)16-29-21-9-5-4-8-20(21)23(27-25(29)32)28-14-6-7-17(2)15-28/h4-5,8-13,17H,3,6-7,14-16H2,1-2H3,(H,26,30)/t17-/m1/s1. The van der Waals surface area contributed by atoms with E-state index in [1.54, 1.807) is 31.2 Å². The van der Waals surface area contributed by atoms with Crippen LogP contribution in [0.1, 0.15) is 37.0 Å². The van der Waals surface area contributed by atoms with Gasteiger partial charge in [-0.05, 0) is 62.1 Å². The number of ether oxygens (including phenoxy) is 1. The van der Waals surface area contributed by atoms with Crippen LogP contribution in [0.5, 0.6) is 0 Å². The van der Waals surface area contributed by atoms with Gasteiger partial charge in [0.25, 0.3) is 0 Å². The zero-order valence-corrected chi connectivity index (χ0v) is 18.9. The van der Waals surface area contributed by atoms with E-state index < -0.39 is 11.7 Å². The molecule has 1 aromatic heterocycles. The van der Waals surface area contributed by atoms with Crippen LogP contribution < -0.4 is 15.9 Å². The maximum atomic E-state index is 12.9. The summed E-state index contributed by atoms with van der Waals surface area (Å²) in [6, 6.07) is 14.0. The van der Waals surface area contributed by atoms with Gasteiger partial charge in [-0.15, -0.1) is 0 Å². The van der Waals surface area contributed by atoms with Gasteiger partial charge in [0.2, 0.25) is 5.91 Å². The fourth-order valence-corrected chi connectivity index (χ4v) is 4.24. The highest BCUT2D eigenvalue weighted by Crippen LogP contribution is 2.27. The Morgan fingerprint density at radius 3 is 2.64 bits per heavy atom. The molecular formula is C25H28N4O4. The minimum absolute atomic E-state index is 0.164. The van der Waals surface area contributed by atoms with E-state index in [0.29, 0.717) is 35.1 Å². The Labute approximate surface area is 192 Å². The largest absolute Gasteiger partial charge is 0.462 e. The number of hydrogen-bond donors (Lipinski definition) is 1. The van der Waals surface area contributed by atoms with E-state index in [2.05, 4.69) is 22.1 Å². The molecule has 3 aromatic rings. The lowest BCUT2D eigenvalue weighted by molar-refractivity contribution is -0.116. The normalized spacial score (nSPS) is 15.9. The van der Waals surface area contributed by atoms with Gasteiger partial charge in [0.1, 0.15) is 12.4 Å². The highest BCUT2D eigenvalue weighted by Gasteiger charge is 2.22. The molecule has 1 saturated heterocycles. The molecule has 0 spiro atoms. The number of piperidine rings is 1. The molecule has 172 valence electrons. The summed E-state index contributed by atoms with van der Waals surface area (Å²) in [5, 5.41) is 3.63. The molecule has 0 bridgehead atoms. The maximum absolute atomic E-state index is 12.9. The minimum Gasteiger partial charge on any atom is -0.462 e. The molecule has 4 rings (SSSR count). The molecular weight excluding hydrogens is 420 g/mol. The van der Waals surface area contributed by atoms with Gasteiger partial charge in [-0.3, -0.25) is 9.36 Å². The Balaban J connectivity index is 1.56. The van der Waals surface area contributed by atoms with E-state index in [1.807, 2.05) is 24.3 Å². The van der Waals surface area contributed by atoms with Crippen LogP contribution in [0.4, 0.5) is 11.5 Å². The number of rotatable bonds is 6. The third kappa shape index (κ3) is 5.05. The van der Waals surface area contributed by atoms with Crippen LogP contribution in [0.2, 0.25) is 0 Å². The van der Waals surface area contributed by atoms with Crippen molar-refractivity contribution in [2.45, 2.75) is 33.2 Å². The summed E-state index contributed by atoms with van der Waals surface area (Å²) in [4.78, 5) is 44.0. The Hall–Kier alpha value is -3.68. The molecule has 1 aliphatic rings. The van der Waals surface area contributed by atoms with Gasteiger partial charge in [0.05, 0.1) is 17.7 Å². The quantitative estimate of drug-likeness (QED) is 0.581. The van der Waals surface area contributed by atoms with Gasteiger partial charge in [0, 0.05) is 24.2 Å². The molecule has 0 saturated carbocycles. The zero-order valence-electron chi connectivity index (χ0n) is 18.9. The molecule has 8 nitrogen and oxygen atoms in total. The summed E-state index contributed by atoms with van der Waals surface area (Å²) in [5.41, 5.74) is 1.16. The molecule has 1 N–H and O–H groups in total. The minimum atomic E-state index is -0.449. The van der Waals surface area contributed by atoms with E-state index in [4.69, 9.17) is 4.74 Å². The average molecular weight is 449 g/mol. The predicted molar refractivity (Wildman–Crippen MR) is 128 cm³/mol. The molecule has 0 unspecified atom stereocenters. The number of nitrogens with one attached hydrogen (secondary N) is 1. The third-order valence-electron chi connectivity index (χ3n) is 5.81. The van der Waals surface area contributed by atoms with Crippen molar-refractivity contribution in [1.82, 2.24) is 9.55 Å². The second kappa shape index (κ2) is 9.85. The first kappa shape index (κ1) is 22.5. The first-order valence-corrected chi connectivity index (χ1v) is 11.3. The summed E-state index contributed by atoms with van der Waals surface area (Å²) >= 11 is 0. The number of benzene rings is 2. The number of hydrogen-bond acceptors (Lipinski definition) is 6. The number of aromatic nitrogens is 2. The first-order valence-electron chi connectivity index (χ1n) is 11.3. The van der Waals surface area contributed by atoms with Gasteiger partial charge in [-0.25, -0.2) is 9.59 Å². The topological polar surface area (TPSA) is 93.5 Å². The van der Waals surface area contributed by atoms with Gasteiger partial charge in [-0.2, -0.15) is 4.98 Å². The van der Waals surface area contributed by atoms with Crippen molar-refractivity contribution in [2.75, 3.05) is 29.9 Å². The predicted octanol–water partition coefficient (Wildman–Crippen LogP) is 3.45. The van der Waals surface area contributed by atoms with Crippen LogP contribution in [0.15, 0.2) is 53.3 Å².